The lowest BCUT2D eigenvalue weighted by atomic mass is 10.0. The summed E-state index contributed by atoms with van der Waals surface area (Å²) in [5, 5.41) is 6.66. The van der Waals surface area contributed by atoms with Gasteiger partial charge >= 0.3 is 0 Å². The van der Waals surface area contributed by atoms with Crippen molar-refractivity contribution in [2.45, 2.75) is 25.4 Å². The van der Waals surface area contributed by atoms with Gasteiger partial charge in [-0.25, -0.2) is 4.99 Å². The predicted molar refractivity (Wildman–Crippen MR) is 107 cm³/mol. The van der Waals surface area contributed by atoms with Gasteiger partial charge in [-0.3, -0.25) is 9.69 Å². The Morgan fingerprint density at radius 2 is 2.00 bits per heavy atom. The summed E-state index contributed by atoms with van der Waals surface area (Å²) in [6, 6.07) is 11.0. The second-order valence-corrected chi connectivity index (χ2v) is 6.80. The molecule has 6 heteroatoms. The molecule has 1 saturated heterocycles. The van der Waals surface area contributed by atoms with E-state index in [0.717, 1.165) is 32.5 Å². The second-order valence-electron chi connectivity index (χ2n) is 6.80. The quantitative estimate of drug-likeness (QED) is 0.441. The number of amides is 1. The van der Waals surface area contributed by atoms with Crippen molar-refractivity contribution in [3.8, 4) is 0 Å². The smallest absolute Gasteiger partial charge is 0.243 e. The summed E-state index contributed by atoms with van der Waals surface area (Å²) in [6.45, 7) is 7.60. The van der Waals surface area contributed by atoms with Gasteiger partial charge in [-0.2, -0.15) is 0 Å². The number of nitrogens with zero attached hydrogens (tertiary/aromatic N) is 3. The Kier molecular flexibility index (Phi) is 8.15. The Morgan fingerprint density at radius 1 is 1.31 bits per heavy atom. The summed E-state index contributed by atoms with van der Waals surface area (Å²) in [6.07, 6.45) is 3.90. The minimum absolute atomic E-state index is 0.0117. The van der Waals surface area contributed by atoms with Gasteiger partial charge in [-0.05, 0) is 18.4 Å². The van der Waals surface area contributed by atoms with Gasteiger partial charge in [0.2, 0.25) is 5.91 Å². The number of rotatable bonds is 7. The van der Waals surface area contributed by atoms with Crippen molar-refractivity contribution in [1.82, 2.24) is 20.4 Å². The molecule has 1 heterocycles. The monoisotopic (exact) mass is 357 g/mol. The van der Waals surface area contributed by atoms with Crippen LogP contribution in [0.5, 0.6) is 0 Å². The van der Waals surface area contributed by atoms with Gasteiger partial charge in [-0.1, -0.05) is 36.4 Å². The van der Waals surface area contributed by atoms with Crippen LogP contribution in [0.2, 0.25) is 0 Å². The van der Waals surface area contributed by atoms with Crippen LogP contribution in [0.4, 0.5) is 0 Å². The zero-order chi connectivity index (χ0) is 18.8. The highest BCUT2D eigenvalue weighted by Crippen LogP contribution is 2.13. The molecule has 1 aromatic carbocycles. The largest absolute Gasteiger partial charge is 0.354 e. The van der Waals surface area contributed by atoms with Crippen LogP contribution in [0.15, 0.2) is 48.0 Å². The first kappa shape index (κ1) is 20.0. The van der Waals surface area contributed by atoms with Gasteiger partial charge in [0.25, 0.3) is 0 Å². The molecule has 0 radical (unpaired) electrons. The summed E-state index contributed by atoms with van der Waals surface area (Å²) in [7, 11) is 3.48. The number of carbonyl (C=O) groups excluding carboxylic acids is 1. The van der Waals surface area contributed by atoms with E-state index in [1.54, 1.807) is 25.1 Å². The van der Waals surface area contributed by atoms with Crippen molar-refractivity contribution in [3.05, 3.63) is 48.6 Å². The molecular formula is C20H31N5O. The fraction of sp³-hybridized carbons (Fsp3) is 0.500. The van der Waals surface area contributed by atoms with Crippen LogP contribution in [0.25, 0.3) is 0 Å². The van der Waals surface area contributed by atoms with Gasteiger partial charge in [0.1, 0.15) is 6.54 Å². The molecule has 0 spiro atoms. The third-order valence-electron chi connectivity index (χ3n) is 4.46. The minimum Gasteiger partial charge on any atom is -0.354 e. The first-order chi connectivity index (χ1) is 12.6. The van der Waals surface area contributed by atoms with E-state index in [9.17, 15) is 4.79 Å². The lowest BCUT2D eigenvalue weighted by Gasteiger charge is -2.33. The zero-order valence-corrected chi connectivity index (χ0v) is 15.9. The predicted octanol–water partition coefficient (Wildman–Crippen LogP) is 1.46. The maximum Gasteiger partial charge on any atom is 0.243 e. The molecule has 26 heavy (non-hydrogen) atoms. The van der Waals surface area contributed by atoms with E-state index in [2.05, 4.69) is 57.4 Å². The first-order valence-corrected chi connectivity index (χ1v) is 9.20. The van der Waals surface area contributed by atoms with Gasteiger partial charge < -0.3 is 15.5 Å². The van der Waals surface area contributed by atoms with Crippen LogP contribution in [-0.2, 0) is 11.3 Å². The third kappa shape index (κ3) is 6.88. The Hall–Kier alpha value is -2.34. The fourth-order valence-corrected chi connectivity index (χ4v) is 2.88. The van der Waals surface area contributed by atoms with Crippen LogP contribution < -0.4 is 10.6 Å². The number of piperidine rings is 1. The van der Waals surface area contributed by atoms with E-state index in [-0.39, 0.29) is 12.5 Å². The molecule has 0 atom stereocenters. The third-order valence-corrected chi connectivity index (χ3v) is 4.46. The van der Waals surface area contributed by atoms with Crippen LogP contribution in [0.3, 0.4) is 0 Å². The SMILES string of the molecule is C=CCNC(=NCC(=O)N(C)C)NC1CCN(Cc2ccccc2)CC1. The molecule has 1 amide bonds. The number of aliphatic imine (C=N–C) groups is 1. The van der Waals surface area contributed by atoms with E-state index in [1.165, 1.54) is 5.56 Å². The molecule has 0 unspecified atom stereocenters. The van der Waals surface area contributed by atoms with E-state index < -0.39 is 0 Å². The summed E-state index contributed by atoms with van der Waals surface area (Å²) >= 11 is 0. The summed E-state index contributed by atoms with van der Waals surface area (Å²) in [5.41, 5.74) is 1.36. The first-order valence-electron chi connectivity index (χ1n) is 9.20. The molecule has 0 aliphatic carbocycles. The van der Waals surface area contributed by atoms with Gasteiger partial charge in [0, 0.05) is 46.3 Å². The number of nitrogens with one attached hydrogen (secondary N) is 2. The molecule has 0 aromatic heterocycles. The highest BCUT2D eigenvalue weighted by Gasteiger charge is 2.20. The number of benzene rings is 1. The van der Waals surface area contributed by atoms with Crippen molar-refractivity contribution in [2.24, 2.45) is 4.99 Å². The van der Waals surface area contributed by atoms with Crippen molar-refractivity contribution >= 4 is 11.9 Å². The Balaban J connectivity index is 1.82. The van der Waals surface area contributed by atoms with Crippen molar-refractivity contribution < 1.29 is 4.79 Å². The number of hydrogen-bond donors (Lipinski definition) is 2. The van der Waals surface area contributed by atoms with E-state index in [1.807, 2.05) is 0 Å². The van der Waals surface area contributed by atoms with Gasteiger partial charge in [0.05, 0.1) is 0 Å². The van der Waals surface area contributed by atoms with E-state index in [0.29, 0.717) is 18.5 Å². The zero-order valence-electron chi connectivity index (χ0n) is 15.9. The molecule has 6 nitrogen and oxygen atoms in total. The van der Waals surface area contributed by atoms with Crippen LogP contribution in [-0.4, -0.2) is 68.0 Å². The number of likely N-dealkylation sites (N-methyl/N-ethyl adjacent to an activating group) is 1. The number of guanidine groups is 1. The molecule has 0 bridgehead atoms. The molecule has 1 aliphatic heterocycles. The number of carbonyl (C=O) groups is 1. The normalized spacial score (nSPS) is 16.2. The highest BCUT2D eigenvalue weighted by molar-refractivity contribution is 5.85. The number of hydrogen-bond acceptors (Lipinski definition) is 3. The molecule has 1 aliphatic rings. The average molecular weight is 358 g/mol. The lowest BCUT2D eigenvalue weighted by Crippen LogP contribution is -2.48. The summed E-state index contributed by atoms with van der Waals surface area (Å²) < 4.78 is 0. The van der Waals surface area contributed by atoms with Crippen LogP contribution in [0, 0.1) is 0 Å². The van der Waals surface area contributed by atoms with Crippen LogP contribution >= 0.6 is 0 Å². The summed E-state index contributed by atoms with van der Waals surface area (Å²) in [4.78, 5) is 20.2. The highest BCUT2D eigenvalue weighted by atomic mass is 16.2. The topological polar surface area (TPSA) is 60.0 Å². The fourth-order valence-electron chi connectivity index (χ4n) is 2.88. The van der Waals surface area contributed by atoms with Crippen molar-refractivity contribution in [1.29, 1.82) is 0 Å². The molecule has 2 rings (SSSR count). The van der Waals surface area contributed by atoms with Crippen molar-refractivity contribution in [3.63, 3.8) is 0 Å². The van der Waals surface area contributed by atoms with Gasteiger partial charge in [0.15, 0.2) is 5.96 Å². The maximum atomic E-state index is 11.8. The Morgan fingerprint density at radius 3 is 2.62 bits per heavy atom. The van der Waals surface area contributed by atoms with Crippen LogP contribution in [0.1, 0.15) is 18.4 Å². The van der Waals surface area contributed by atoms with E-state index in [4.69, 9.17) is 0 Å². The van der Waals surface area contributed by atoms with E-state index >= 15 is 0 Å². The molecule has 0 saturated carbocycles. The standard InChI is InChI=1S/C20H31N5O/c1-4-12-21-20(22-15-19(26)24(2)3)23-18-10-13-25(14-11-18)16-17-8-6-5-7-9-17/h4-9,18H,1,10-16H2,2-3H3,(H2,21,22,23). The maximum absolute atomic E-state index is 11.8. The molecule has 2 N–H and O–H groups in total. The Bertz CT molecular complexity index is 591. The lowest BCUT2D eigenvalue weighted by molar-refractivity contribution is -0.127. The summed E-state index contributed by atoms with van der Waals surface area (Å²) in [5.74, 6) is 0.670. The average Bonchev–Trinajstić information content (AvgIpc) is 2.65. The second kappa shape index (κ2) is 10.6. The Labute approximate surface area is 157 Å². The minimum atomic E-state index is -0.0117. The van der Waals surface area contributed by atoms with Gasteiger partial charge in [-0.15, -0.1) is 6.58 Å². The molecule has 1 fully saturated rings. The number of likely N-dealkylation sites (tertiary alicyclic amines) is 1. The molecule has 142 valence electrons. The molecule has 1 aromatic rings. The molecular weight excluding hydrogens is 326 g/mol. The van der Waals surface area contributed by atoms with Crippen molar-refractivity contribution in [2.75, 3.05) is 40.3 Å².